The zero-order valence-corrected chi connectivity index (χ0v) is 18.0. The van der Waals surface area contributed by atoms with Gasteiger partial charge in [0, 0.05) is 17.0 Å². The molecule has 4 nitrogen and oxygen atoms in total. The van der Waals surface area contributed by atoms with E-state index >= 15 is 0 Å². The molecule has 2 heterocycles. The number of carbonyl (C=O) groups is 1. The Balaban J connectivity index is 1.49. The van der Waals surface area contributed by atoms with E-state index in [1.54, 1.807) is 6.08 Å². The fourth-order valence-electron chi connectivity index (χ4n) is 3.18. The number of amides is 1. The number of thiocarbonyl (C=S) groups is 1. The lowest BCUT2D eigenvalue weighted by Crippen LogP contribution is -2.27. The van der Waals surface area contributed by atoms with Gasteiger partial charge in [-0.1, -0.05) is 53.8 Å². The molecular formula is C22H18ClNO3S2. The van der Waals surface area contributed by atoms with Gasteiger partial charge in [-0.3, -0.25) is 9.69 Å². The lowest BCUT2D eigenvalue weighted by molar-refractivity contribution is -0.113. The number of halogens is 1. The van der Waals surface area contributed by atoms with Crippen LogP contribution in [-0.4, -0.2) is 16.8 Å². The van der Waals surface area contributed by atoms with Crippen molar-refractivity contribution in [3.8, 4) is 5.75 Å². The van der Waals surface area contributed by atoms with E-state index < -0.39 is 0 Å². The molecule has 2 aromatic rings. The zero-order valence-electron chi connectivity index (χ0n) is 15.6. The zero-order chi connectivity index (χ0) is 20.4. The second-order valence-corrected chi connectivity index (χ2v) is 8.50. The van der Waals surface area contributed by atoms with Gasteiger partial charge in [0.1, 0.15) is 17.6 Å². The van der Waals surface area contributed by atoms with Gasteiger partial charge in [-0.2, -0.15) is 0 Å². The highest BCUT2D eigenvalue weighted by Gasteiger charge is 2.34. The first-order chi connectivity index (χ1) is 14.1. The number of hydrogen-bond donors (Lipinski definition) is 0. The molecule has 1 fully saturated rings. The summed E-state index contributed by atoms with van der Waals surface area (Å²) in [6.07, 6.45) is 4.28. The van der Waals surface area contributed by atoms with Crippen LogP contribution in [0.5, 0.6) is 5.75 Å². The van der Waals surface area contributed by atoms with Crippen molar-refractivity contribution in [1.29, 1.82) is 0 Å². The summed E-state index contributed by atoms with van der Waals surface area (Å²) in [7, 11) is 0. The van der Waals surface area contributed by atoms with Crippen molar-refractivity contribution in [2.24, 2.45) is 0 Å². The summed E-state index contributed by atoms with van der Waals surface area (Å²) in [6, 6.07) is 15.0. The minimum Gasteiger partial charge on any atom is -0.494 e. The van der Waals surface area contributed by atoms with E-state index in [9.17, 15) is 4.79 Å². The van der Waals surface area contributed by atoms with Gasteiger partial charge in [-0.25, -0.2) is 0 Å². The van der Waals surface area contributed by atoms with Gasteiger partial charge in [0.15, 0.2) is 4.32 Å². The Morgan fingerprint density at radius 3 is 2.76 bits per heavy atom. The van der Waals surface area contributed by atoms with E-state index in [0.717, 1.165) is 17.0 Å². The van der Waals surface area contributed by atoms with Crippen molar-refractivity contribution in [3.63, 3.8) is 0 Å². The van der Waals surface area contributed by atoms with Crippen LogP contribution >= 0.6 is 35.6 Å². The minimum atomic E-state index is -0.158. The van der Waals surface area contributed by atoms with E-state index in [2.05, 4.69) is 0 Å². The van der Waals surface area contributed by atoms with Crippen LogP contribution in [0.2, 0.25) is 5.02 Å². The molecular weight excluding hydrogens is 426 g/mol. The third-order valence-electron chi connectivity index (χ3n) is 4.54. The average molecular weight is 444 g/mol. The largest absolute Gasteiger partial charge is 0.494 e. The lowest BCUT2D eigenvalue weighted by atomic mass is 10.1. The van der Waals surface area contributed by atoms with Crippen molar-refractivity contribution in [1.82, 2.24) is 0 Å². The normalized spacial score (nSPS) is 20.2. The van der Waals surface area contributed by atoms with E-state index in [4.69, 9.17) is 33.3 Å². The third-order valence-corrected chi connectivity index (χ3v) is 6.18. The number of rotatable bonds is 5. The molecule has 0 spiro atoms. The number of carbonyl (C=O) groups excluding carboxylic acids is 1. The Hall–Kier alpha value is -2.28. The monoisotopic (exact) mass is 443 g/mol. The van der Waals surface area contributed by atoms with Gasteiger partial charge < -0.3 is 9.47 Å². The molecule has 1 saturated heterocycles. The standard InChI is InChI=1S/C22H18ClNO3S2/c1-2-26-15-9-7-14(8-10-15)24-21(25)20(29-22(24)28)13-16-11-12-19(27-16)17-5-3-4-6-18(17)23/h3-11,13,19H,2,12H2,1H3/b20-13-. The Morgan fingerprint density at radius 2 is 2.03 bits per heavy atom. The molecule has 1 atom stereocenters. The first kappa shape index (κ1) is 20.0. The highest BCUT2D eigenvalue weighted by atomic mass is 35.5. The predicted molar refractivity (Wildman–Crippen MR) is 121 cm³/mol. The number of benzene rings is 2. The highest BCUT2D eigenvalue weighted by molar-refractivity contribution is 8.27. The first-order valence-electron chi connectivity index (χ1n) is 9.19. The summed E-state index contributed by atoms with van der Waals surface area (Å²) in [5.41, 5.74) is 1.66. The van der Waals surface area contributed by atoms with Crippen molar-refractivity contribution >= 4 is 51.5 Å². The Morgan fingerprint density at radius 1 is 1.28 bits per heavy atom. The summed E-state index contributed by atoms with van der Waals surface area (Å²) in [5, 5.41) is 0.675. The molecule has 29 heavy (non-hydrogen) atoms. The predicted octanol–water partition coefficient (Wildman–Crippen LogP) is 6.03. The van der Waals surface area contributed by atoms with E-state index in [1.807, 2.05) is 61.5 Å². The van der Waals surface area contributed by atoms with Crippen LogP contribution in [-0.2, 0) is 9.53 Å². The molecule has 0 saturated carbocycles. The molecule has 0 N–H and O–H groups in total. The lowest BCUT2D eigenvalue weighted by Gasteiger charge is -2.15. The molecule has 7 heteroatoms. The minimum absolute atomic E-state index is 0.147. The third kappa shape index (κ3) is 4.20. The molecule has 4 rings (SSSR count). The van der Waals surface area contributed by atoms with Crippen molar-refractivity contribution in [2.75, 3.05) is 11.5 Å². The number of hydrogen-bond acceptors (Lipinski definition) is 5. The summed E-state index contributed by atoms with van der Waals surface area (Å²) in [5.74, 6) is 1.25. The van der Waals surface area contributed by atoms with Crippen LogP contribution in [0.1, 0.15) is 25.0 Å². The molecule has 2 aliphatic heterocycles. The van der Waals surface area contributed by atoms with Crippen molar-refractivity contribution in [3.05, 3.63) is 81.9 Å². The van der Waals surface area contributed by atoms with E-state index in [1.165, 1.54) is 16.7 Å². The molecule has 2 aliphatic rings. The maximum absolute atomic E-state index is 12.9. The molecule has 0 aromatic heterocycles. The quantitative estimate of drug-likeness (QED) is 0.416. The van der Waals surface area contributed by atoms with Gasteiger partial charge in [-0.05, 0) is 49.4 Å². The SMILES string of the molecule is CCOc1ccc(N2C(=O)/C(=C/C3=CCC(c4ccccc4Cl)O3)SC2=S)cc1. The Labute approximate surface area is 184 Å². The molecule has 0 radical (unpaired) electrons. The fraction of sp³-hybridized carbons (Fsp3) is 0.182. The van der Waals surface area contributed by atoms with E-state index in [0.29, 0.717) is 33.0 Å². The molecule has 0 bridgehead atoms. The van der Waals surface area contributed by atoms with Crippen LogP contribution in [0, 0.1) is 0 Å². The first-order valence-corrected chi connectivity index (χ1v) is 10.8. The molecule has 1 amide bonds. The van der Waals surface area contributed by atoms with Crippen LogP contribution in [0.3, 0.4) is 0 Å². The summed E-state index contributed by atoms with van der Waals surface area (Å²) < 4.78 is 12.0. The Kier molecular flexibility index (Phi) is 5.94. The van der Waals surface area contributed by atoms with Gasteiger partial charge in [0.05, 0.1) is 17.2 Å². The second-order valence-electron chi connectivity index (χ2n) is 6.41. The number of allylic oxidation sites excluding steroid dienone is 1. The number of anilines is 1. The highest BCUT2D eigenvalue weighted by Crippen LogP contribution is 2.39. The average Bonchev–Trinajstić information content (AvgIpc) is 3.28. The molecule has 148 valence electrons. The van der Waals surface area contributed by atoms with Crippen molar-refractivity contribution in [2.45, 2.75) is 19.4 Å². The molecule has 2 aromatic carbocycles. The van der Waals surface area contributed by atoms with Crippen LogP contribution < -0.4 is 9.64 Å². The van der Waals surface area contributed by atoms with Gasteiger partial charge >= 0.3 is 0 Å². The van der Waals surface area contributed by atoms with Crippen molar-refractivity contribution < 1.29 is 14.3 Å². The fourth-order valence-corrected chi connectivity index (χ4v) is 4.72. The van der Waals surface area contributed by atoms with E-state index in [-0.39, 0.29) is 12.0 Å². The smallest absolute Gasteiger partial charge is 0.270 e. The maximum atomic E-state index is 12.9. The number of ether oxygens (including phenoxy) is 2. The second kappa shape index (κ2) is 8.61. The van der Waals surface area contributed by atoms with Gasteiger partial charge in [-0.15, -0.1) is 0 Å². The van der Waals surface area contributed by atoms with Crippen LogP contribution in [0.15, 0.2) is 71.3 Å². The number of thioether (sulfide) groups is 1. The molecule has 1 unspecified atom stereocenters. The number of nitrogens with zero attached hydrogens (tertiary/aromatic N) is 1. The Bertz CT molecular complexity index is 1020. The maximum Gasteiger partial charge on any atom is 0.270 e. The van der Waals surface area contributed by atoms with Gasteiger partial charge in [0.2, 0.25) is 0 Å². The van der Waals surface area contributed by atoms with Gasteiger partial charge in [0.25, 0.3) is 5.91 Å². The molecule has 0 aliphatic carbocycles. The van der Waals surface area contributed by atoms with Crippen LogP contribution in [0.25, 0.3) is 0 Å². The summed E-state index contributed by atoms with van der Waals surface area (Å²) in [4.78, 5) is 15.0. The summed E-state index contributed by atoms with van der Waals surface area (Å²) >= 11 is 13.0. The topological polar surface area (TPSA) is 38.8 Å². The van der Waals surface area contributed by atoms with Crippen LogP contribution in [0.4, 0.5) is 5.69 Å². The summed E-state index contributed by atoms with van der Waals surface area (Å²) in [6.45, 7) is 2.52.